The van der Waals surface area contributed by atoms with E-state index >= 15 is 0 Å². The minimum Gasteiger partial charge on any atom is -0.370 e. The van der Waals surface area contributed by atoms with Gasteiger partial charge in [0.15, 0.2) is 11.0 Å². The lowest BCUT2D eigenvalue weighted by atomic mass is 10.1. The first-order valence-electron chi connectivity index (χ1n) is 10.2. The normalized spacial score (nSPS) is 11.8. The van der Waals surface area contributed by atoms with Crippen molar-refractivity contribution in [1.82, 2.24) is 14.8 Å². The van der Waals surface area contributed by atoms with Crippen LogP contribution in [0.2, 0.25) is 10.0 Å². The standard InChI is InChI=1S/C22H20Cl2F4N4O2S/c1-2-32-19(14-5-3-4-13(8-14)10-34-12-22(27,28)20(25)26)30-31-21(32)35-11-18(33)29-17-7-6-15(23)9-16(17)24/h3-9,20H,2,10-12H2,1H3,(H,29,33). The molecule has 0 aliphatic heterocycles. The van der Waals surface area contributed by atoms with Gasteiger partial charge in [0.05, 0.1) is 23.1 Å². The maximum Gasteiger partial charge on any atom is 0.330 e. The van der Waals surface area contributed by atoms with Crippen LogP contribution >= 0.6 is 35.0 Å². The van der Waals surface area contributed by atoms with Crippen LogP contribution in [0.25, 0.3) is 11.4 Å². The molecular formula is C22H20Cl2F4N4O2S. The van der Waals surface area contributed by atoms with Gasteiger partial charge in [-0.15, -0.1) is 10.2 Å². The molecule has 0 fully saturated rings. The number of nitrogens with one attached hydrogen (secondary N) is 1. The SMILES string of the molecule is CCn1c(SCC(=O)Nc2ccc(Cl)cc2Cl)nnc1-c1cccc(COCC(F)(F)C(F)F)c1. The summed E-state index contributed by atoms with van der Waals surface area (Å²) in [4.78, 5) is 12.4. The Hall–Kier alpha value is -2.34. The Balaban J connectivity index is 1.65. The van der Waals surface area contributed by atoms with Crippen LogP contribution < -0.4 is 5.32 Å². The molecule has 6 nitrogen and oxygen atoms in total. The second kappa shape index (κ2) is 12.1. The van der Waals surface area contributed by atoms with Crippen molar-refractivity contribution >= 4 is 46.6 Å². The van der Waals surface area contributed by atoms with Gasteiger partial charge >= 0.3 is 12.3 Å². The van der Waals surface area contributed by atoms with Crippen LogP contribution in [0, 0.1) is 0 Å². The van der Waals surface area contributed by atoms with E-state index in [0.29, 0.717) is 44.4 Å². The molecule has 1 N–H and O–H groups in total. The van der Waals surface area contributed by atoms with Crippen LogP contribution in [-0.4, -0.2) is 45.4 Å². The summed E-state index contributed by atoms with van der Waals surface area (Å²) in [5.74, 6) is -3.97. The van der Waals surface area contributed by atoms with Gasteiger partial charge in [-0.3, -0.25) is 4.79 Å². The highest BCUT2D eigenvalue weighted by atomic mass is 35.5. The molecule has 13 heteroatoms. The zero-order chi connectivity index (χ0) is 25.6. The first-order chi connectivity index (χ1) is 16.6. The van der Waals surface area contributed by atoms with E-state index in [1.807, 2.05) is 6.92 Å². The Labute approximate surface area is 213 Å². The Morgan fingerprint density at radius 3 is 2.66 bits per heavy atom. The number of alkyl halides is 4. The molecule has 1 amide bonds. The molecule has 0 spiro atoms. The van der Waals surface area contributed by atoms with Crippen LogP contribution in [0.4, 0.5) is 23.2 Å². The number of rotatable bonds is 11. The second-order valence-corrected chi connectivity index (χ2v) is 9.05. The third kappa shape index (κ3) is 7.33. The number of aromatic nitrogens is 3. The maximum atomic E-state index is 13.0. The minimum atomic E-state index is -4.21. The average Bonchev–Trinajstić information content (AvgIpc) is 3.22. The van der Waals surface area contributed by atoms with Crippen LogP contribution in [-0.2, 0) is 22.7 Å². The van der Waals surface area contributed by atoms with E-state index in [2.05, 4.69) is 15.5 Å². The maximum absolute atomic E-state index is 13.0. The van der Waals surface area contributed by atoms with Crippen LogP contribution in [0.5, 0.6) is 0 Å². The van der Waals surface area contributed by atoms with Gasteiger partial charge in [0.25, 0.3) is 0 Å². The van der Waals surface area contributed by atoms with E-state index in [1.165, 1.54) is 17.8 Å². The van der Waals surface area contributed by atoms with Crippen molar-refractivity contribution in [3.63, 3.8) is 0 Å². The number of carbonyl (C=O) groups excluding carboxylic acids is 1. The van der Waals surface area contributed by atoms with Crippen molar-refractivity contribution in [2.75, 3.05) is 17.7 Å². The molecule has 0 saturated carbocycles. The molecule has 3 rings (SSSR count). The summed E-state index contributed by atoms with van der Waals surface area (Å²) in [6, 6.07) is 11.4. The molecule has 3 aromatic rings. The van der Waals surface area contributed by atoms with Gasteiger partial charge in [0, 0.05) is 17.1 Å². The van der Waals surface area contributed by atoms with Crippen molar-refractivity contribution in [2.45, 2.75) is 37.6 Å². The largest absolute Gasteiger partial charge is 0.370 e. The fourth-order valence-electron chi connectivity index (χ4n) is 2.97. The number of benzene rings is 2. The third-order valence-corrected chi connectivity index (χ3v) is 6.15. The Kier molecular flexibility index (Phi) is 9.40. The third-order valence-electron chi connectivity index (χ3n) is 4.64. The van der Waals surface area contributed by atoms with Gasteiger partial charge in [0.1, 0.15) is 6.61 Å². The van der Waals surface area contributed by atoms with Gasteiger partial charge < -0.3 is 14.6 Å². The highest BCUT2D eigenvalue weighted by Crippen LogP contribution is 2.28. The number of thioether (sulfide) groups is 1. The molecule has 0 atom stereocenters. The van der Waals surface area contributed by atoms with Crippen LogP contribution in [0.15, 0.2) is 47.6 Å². The molecule has 2 aromatic carbocycles. The lowest BCUT2D eigenvalue weighted by Crippen LogP contribution is -2.32. The lowest BCUT2D eigenvalue weighted by molar-refractivity contribution is -0.168. The smallest absolute Gasteiger partial charge is 0.330 e. The molecule has 1 heterocycles. The van der Waals surface area contributed by atoms with Gasteiger partial charge in [-0.25, -0.2) is 8.78 Å². The predicted octanol–water partition coefficient (Wildman–Crippen LogP) is 6.42. The number of amides is 1. The first-order valence-corrected chi connectivity index (χ1v) is 12.0. The van der Waals surface area contributed by atoms with Crippen molar-refractivity contribution in [2.24, 2.45) is 0 Å². The summed E-state index contributed by atoms with van der Waals surface area (Å²) >= 11 is 13.1. The quantitative estimate of drug-likeness (QED) is 0.220. The summed E-state index contributed by atoms with van der Waals surface area (Å²) in [7, 11) is 0. The van der Waals surface area contributed by atoms with E-state index in [-0.39, 0.29) is 18.3 Å². The van der Waals surface area contributed by atoms with Gasteiger partial charge in [-0.05, 0) is 36.8 Å². The van der Waals surface area contributed by atoms with Gasteiger partial charge in [-0.2, -0.15) is 8.78 Å². The lowest BCUT2D eigenvalue weighted by Gasteiger charge is -2.15. The molecule has 0 bridgehead atoms. The van der Waals surface area contributed by atoms with Crippen LogP contribution in [0.1, 0.15) is 12.5 Å². The summed E-state index contributed by atoms with van der Waals surface area (Å²) in [5, 5.41) is 12.3. The number of nitrogens with zero attached hydrogens (tertiary/aromatic N) is 3. The minimum absolute atomic E-state index is 0.0450. The molecule has 35 heavy (non-hydrogen) atoms. The summed E-state index contributed by atoms with van der Waals surface area (Å²) in [5.41, 5.74) is 1.57. The number of hydrogen-bond donors (Lipinski definition) is 1. The summed E-state index contributed by atoms with van der Waals surface area (Å²) in [6.45, 7) is 0.718. The monoisotopic (exact) mass is 550 g/mol. The fourth-order valence-corrected chi connectivity index (χ4v) is 4.23. The fraction of sp³-hybridized carbons (Fsp3) is 0.318. The molecule has 1 aromatic heterocycles. The molecule has 0 aliphatic carbocycles. The molecule has 0 unspecified atom stereocenters. The topological polar surface area (TPSA) is 69.0 Å². The summed E-state index contributed by atoms with van der Waals surface area (Å²) in [6.07, 6.45) is -3.79. The predicted molar refractivity (Wildman–Crippen MR) is 128 cm³/mol. The van der Waals surface area contributed by atoms with E-state index in [0.717, 1.165) is 0 Å². The number of anilines is 1. The molecule has 0 aliphatic rings. The van der Waals surface area contributed by atoms with E-state index in [1.54, 1.807) is 41.0 Å². The Morgan fingerprint density at radius 1 is 1.20 bits per heavy atom. The number of hydrogen-bond acceptors (Lipinski definition) is 5. The second-order valence-electron chi connectivity index (χ2n) is 7.27. The van der Waals surface area contributed by atoms with Crippen molar-refractivity contribution in [3.8, 4) is 11.4 Å². The zero-order valence-electron chi connectivity index (χ0n) is 18.3. The van der Waals surface area contributed by atoms with E-state index in [4.69, 9.17) is 27.9 Å². The van der Waals surface area contributed by atoms with Crippen LogP contribution in [0.3, 0.4) is 0 Å². The molecular weight excluding hydrogens is 531 g/mol. The van der Waals surface area contributed by atoms with E-state index < -0.39 is 19.0 Å². The van der Waals surface area contributed by atoms with Crippen molar-refractivity contribution in [3.05, 3.63) is 58.1 Å². The Morgan fingerprint density at radius 2 is 1.97 bits per heavy atom. The molecule has 0 radical (unpaired) electrons. The number of halogens is 6. The molecule has 0 saturated heterocycles. The Bertz CT molecular complexity index is 1180. The molecule has 188 valence electrons. The highest BCUT2D eigenvalue weighted by Gasteiger charge is 2.40. The van der Waals surface area contributed by atoms with Crippen molar-refractivity contribution in [1.29, 1.82) is 0 Å². The number of ether oxygens (including phenoxy) is 1. The highest BCUT2D eigenvalue weighted by molar-refractivity contribution is 7.99. The first kappa shape index (κ1) is 27.3. The van der Waals surface area contributed by atoms with Gasteiger partial charge in [0.2, 0.25) is 5.91 Å². The summed E-state index contributed by atoms with van der Waals surface area (Å²) < 4.78 is 57.2. The van der Waals surface area contributed by atoms with Gasteiger partial charge in [-0.1, -0.05) is 53.2 Å². The van der Waals surface area contributed by atoms with E-state index in [9.17, 15) is 22.4 Å². The average molecular weight is 551 g/mol. The number of carbonyl (C=O) groups is 1. The zero-order valence-corrected chi connectivity index (χ0v) is 20.6. The van der Waals surface area contributed by atoms with Crippen molar-refractivity contribution < 1.29 is 27.1 Å².